The molecule has 2 aliphatic rings. The van der Waals surface area contributed by atoms with Crippen molar-refractivity contribution in [2.45, 2.75) is 38.1 Å². The monoisotopic (exact) mass is 365 g/mol. The number of aromatic nitrogens is 2. The number of carbonyl (C=O) groups excluding carboxylic acids is 2. The minimum Gasteiger partial charge on any atom is -0.347 e. The summed E-state index contributed by atoms with van der Waals surface area (Å²) in [6, 6.07) is 8.02. The van der Waals surface area contributed by atoms with E-state index in [0.29, 0.717) is 0 Å². The predicted octanol–water partition coefficient (Wildman–Crippen LogP) is 2.39. The molecule has 4 rings (SSSR count). The number of anilines is 1. The molecule has 0 bridgehead atoms. The maximum atomic E-state index is 12.8. The SMILES string of the molecule is O=C(NC1Cc2ccccc2C1)c1nccnc1NC(=O)N1CCCCC1. The molecule has 140 valence electrons. The minimum atomic E-state index is -0.310. The third-order valence-corrected chi connectivity index (χ3v) is 5.17. The number of hydrogen-bond donors (Lipinski definition) is 2. The summed E-state index contributed by atoms with van der Waals surface area (Å²) in [5.41, 5.74) is 2.68. The minimum absolute atomic E-state index is 0.0301. The average molecular weight is 365 g/mol. The van der Waals surface area contributed by atoms with Gasteiger partial charge in [0.2, 0.25) is 0 Å². The van der Waals surface area contributed by atoms with Gasteiger partial charge in [0, 0.05) is 31.5 Å². The number of fused-ring (bicyclic) bond motifs is 1. The molecule has 7 nitrogen and oxygen atoms in total. The highest BCUT2D eigenvalue weighted by Crippen LogP contribution is 2.22. The van der Waals surface area contributed by atoms with Crippen molar-refractivity contribution in [1.82, 2.24) is 20.2 Å². The van der Waals surface area contributed by atoms with Crippen LogP contribution in [0.25, 0.3) is 0 Å². The Bertz CT molecular complexity index is 823. The van der Waals surface area contributed by atoms with Crippen LogP contribution < -0.4 is 10.6 Å². The molecule has 0 unspecified atom stereocenters. The van der Waals surface area contributed by atoms with Crippen molar-refractivity contribution >= 4 is 17.8 Å². The molecule has 1 fully saturated rings. The van der Waals surface area contributed by atoms with E-state index in [2.05, 4.69) is 32.7 Å². The first-order valence-electron chi connectivity index (χ1n) is 9.45. The van der Waals surface area contributed by atoms with E-state index in [4.69, 9.17) is 0 Å². The van der Waals surface area contributed by atoms with E-state index >= 15 is 0 Å². The van der Waals surface area contributed by atoms with Gasteiger partial charge in [0.05, 0.1) is 0 Å². The molecule has 3 amide bonds. The van der Waals surface area contributed by atoms with Crippen molar-refractivity contribution in [2.24, 2.45) is 0 Å². The van der Waals surface area contributed by atoms with Gasteiger partial charge in [-0.25, -0.2) is 14.8 Å². The van der Waals surface area contributed by atoms with E-state index in [-0.39, 0.29) is 29.5 Å². The fraction of sp³-hybridized carbons (Fsp3) is 0.400. The predicted molar refractivity (Wildman–Crippen MR) is 102 cm³/mol. The fourth-order valence-corrected chi connectivity index (χ4v) is 3.79. The quantitative estimate of drug-likeness (QED) is 0.874. The number of urea groups is 1. The first-order chi connectivity index (χ1) is 13.2. The van der Waals surface area contributed by atoms with E-state index in [0.717, 1.165) is 45.2 Å². The summed E-state index contributed by atoms with van der Waals surface area (Å²) in [5, 5.41) is 5.78. The van der Waals surface area contributed by atoms with E-state index < -0.39 is 0 Å². The zero-order chi connectivity index (χ0) is 18.6. The Morgan fingerprint density at radius 3 is 2.33 bits per heavy atom. The number of benzene rings is 1. The van der Waals surface area contributed by atoms with Gasteiger partial charge < -0.3 is 10.2 Å². The van der Waals surface area contributed by atoms with Gasteiger partial charge >= 0.3 is 6.03 Å². The summed E-state index contributed by atoms with van der Waals surface area (Å²) in [7, 11) is 0. The topological polar surface area (TPSA) is 87.2 Å². The highest BCUT2D eigenvalue weighted by atomic mass is 16.2. The molecule has 0 saturated carbocycles. The number of carbonyl (C=O) groups is 2. The van der Waals surface area contributed by atoms with E-state index in [1.807, 2.05) is 12.1 Å². The van der Waals surface area contributed by atoms with Gasteiger partial charge in [-0.3, -0.25) is 10.1 Å². The summed E-state index contributed by atoms with van der Waals surface area (Å²) in [6.45, 7) is 1.46. The highest BCUT2D eigenvalue weighted by Gasteiger charge is 2.26. The number of piperidine rings is 1. The third kappa shape index (κ3) is 3.92. The van der Waals surface area contributed by atoms with E-state index in [1.54, 1.807) is 4.90 Å². The molecule has 1 aliphatic heterocycles. The Morgan fingerprint density at radius 1 is 0.963 bits per heavy atom. The smallest absolute Gasteiger partial charge is 0.323 e. The molecule has 2 aromatic rings. The van der Waals surface area contributed by atoms with Crippen LogP contribution in [0.15, 0.2) is 36.7 Å². The standard InChI is InChI=1S/C20H23N5O2/c26-19(23-16-12-14-6-2-3-7-15(14)13-16)17-18(22-9-8-21-17)24-20(27)25-10-4-1-5-11-25/h2-3,6-9,16H,1,4-5,10-13H2,(H,23,26)(H,22,24,27). The lowest BCUT2D eigenvalue weighted by Crippen LogP contribution is -2.40. The van der Waals surface area contributed by atoms with Crippen LogP contribution >= 0.6 is 0 Å². The van der Waals surface area contributed by atoms with Gasteiger partial charge in [-0.05, 0) is 43.2 Å². The fourth-order valence-electron chi connectivity index (χ4n) is 3.79. The van der Waals surface area contributed by atoms with E-state index in [1.165, 1.54) is 23.5 Å². The second-order valence-corrected chi connectivity index (χ2v) is 7.08. The number of amides is 3. The molecule has 2 N–H and O–H groups in total. The molecule has 1 aromatic heterocycles. The van der Waals surface area contributed by atoms with Gasteiger partial charge in [0.25, 0.3) is 5.91 Å². The van der Waals surface area contributed by atoms with Crippen LogP contribution in [0.1, 0.15) is 40.9 Å². The first-order valence-corrected chi connectivity index (χ1v) is 9.45. The van der Waals surface area contributed by atoms with Crippen LogP contribution in [0.3, 0.4) is 0 Å². The molecule has 1 aromatic carbocycles. The Balaban J connectivity index is 1.43. The molecule has 1 aliphatic carbocycles. The van der Waals surface area contributed by atoms with Crippen molar-refractivity contribution in [1.29, 1.82) is 0 Å². The van der Waals surface area contributed by atoms with Gasteiger partial charge in [0.15, 0.2) is 11.5 Å². The lowest BCUT2D eigenvalue weighted by atomic mass is 10.1. The summed E-state index contributed by atoms with van der Waals surface area (Å²) >= 11 is 0. The maximum absolute atomic E-state index is 12.8. The van der Waals surface area contributed by atoms with Crippen LogP contribution in [0.4, 0.5) is 10.6 Å². The lowest BCUT2D eigenvalue weighted by Gasteiger charge is -2.26. The number of nitrogens with zero attached hydrogens (tertiary/aromatic N) is 3. The van der Waals surface area contributed by atoms with Gasteiger partial charge in [-0.1, -0.05) is 24.3 Å². The summed E-state index contributed by atoms with van der Waals surface area (Å²) < 4.78 is 0. The highest BCUT2D eigenvalue weighted by molar-refractivity contribution is 6.00. The second kappa shape index (κ2) is 7.73. The van der Waals surface area contributed by atoms with Crippen molar-refractivity contribution in [3.8, 4) is 0 Å². The van der Waals surface area contributed by atoms with Gasteiger partial charge in [0.1, 0.15) is 0 Å². The molecule has 27 heavy (non-hydrogen) atoms. The van der Waals surface area contributed by atoms with Crippen molar-refractivity contribution in [3.63, 3.8) is 0 Å². The molecule has 0 radical (unpaired) electrons. The Hall–Kier alpha value is -2.96. The molecule has 0 spiro atoms. The summed E-state index contributed by atoms with van der Waals surface area (Å²) in [4.78, 5) is 35.3. The largest absolute Gasteiger partial charge is 0.347 e. The van der Waals surface area contributed by atoms with Gasteiger partial charge in [-0.2, -0.15) is 0 Å². The normalized spacial score (nSPS) is 16.7. The zero-order valence-electron chi connectivity index (χ0n) is 15.1. The number of hydrogen-bond acceptors (Lipinski definition) is 4. The van der Waals surface area contributed by atoms with Crippen molar-refractivity contribution < 1.29 is 9.59 Å². The number of likely N-dealkylation sites (tertiary alicyclic amines) is 1. The summed E-state index contributed by atoms with van der Waals surface area (Å²) in [6.07, 6.45) is 7.71. The lowest BCUT2D eigenvalue weighted by molar-refractivity contribution is 0.0934. The van der Waals surface area contributed by atoms with E-state index in [9.17, 15) is 9.59 Å². The van der Waals surface area contributed by atoms with Crippen LogP contribution in [0.5, 0.6) is 0 Å². The maximum Gasteiger partial charge on any atom is 0.323 e. The van der Waals surface area contributed by atoms with Gasteiger partial charge in [-0.15, -0.1) is 0 Å². The first kappa shape index (κ1) is 17.5. The number of nitrogens with one attached hydrogen (secondary N) is 2. The molecule has 0 atom stereocenters. The summed E-state index contributed by atoms with van der Waals surface area (Å²) in [5.74, 6) is -0.101. The third-order valence-electron chi connectivity index (χ3n) is 5.17. The average Bonchev–Trinajstić information content (AvgIpc) is 3.11. The van der Waals surface area contributed by atoms with Crippen LogP contribution in [0.2, 0.25) is 0 Å². The van der Waals surface area contributed by atoms with Crippen LogP contribution in [0, 0.1) is 0 Å². The number of rotatable bonds is 3. The Morgan fingerprint density at radius 2 is 1.63 bits per heavy atom. The molecule has 1 saturated heterocycles. The molecular formula is C20H23N5O2. The van der Waals surface area contributed by atoms with Crippen molar-refractivity contribution in [3.05, 3.63) is 53.5 Å². The molecule has 2 heterocycles. The van der Waals surface area contributed by atoms with Crippen molar-refractivity contribution in [2.75, 3.05) is 18.4 Å². The second-order valence-electron chi connectivity index (χ2n) is 7.08. The van der Waals surface area contributed by atoms with Crippen LogP contribution in [-0.4, -0.2) is 45.9 Å². The zero-order valence-corrected chi connectivity index (χ0v) is 15.1. The Labute approximate surface area is 158 Å². The van der Waals surface area contributed by atoms with Crippen LogP contribution in [-0.2, 0) is 12.8 Å². The Kier molecular flexibility index (Phi) is 5.00. The molecule has 7 heteroatoms. The molecular weight excluding hydrogens is 342 g/mol.